The van der Waals surface area contributed by atoms with Crippen LogP contribution in [0.2, 0.25) is 0 Å². The average Bonchev–Trinajstić information content (AvgIpc) is 2.88. The van der Waals surface area contributed by atoms with E-state index in [-0.39, 0.29) is 5.91 Å². The molecule has 1 heterocycles. The summed E-state index contributed by atoms with van der Waals surface area (Å²) in [6.07, 6.45) is 0. The monoisotopic (exact) mass is 446 g/mol. The second-order valence-electron chi connectivity index (χ2n) is 7.69. The average molecular weight is 447 g/mol. The predicted molar refractivity (Wildman–Crippen MR) is 130 cm³/mol. The number of hydrogen-bond donors (Lipinski definition) is 0. The molecule has 33 heavy (non-hydrogen) atoms. The van der Waals surface area contributed by atoms with E-state index in [1.165, 1.54) is 0 Å². The van der Waals surface area contributed by atoms with Crippen LogP contribution < -0.4 is 19.1 Å². The predicted octanol–water partition coefficient (Wildman–Crippen LogP) is 4.51. The molecule has 0 radical (unpaired) electrons. The zero-order valence-corrected chi connectivity index (χ0v) is 19.0. The van der Waals surface area contributed by atoms with Crippen LogP contribution in [0, 0.1) is 0 Å². The zero-order chi connectivity index (χ0) is 22.9. The molecule has 0 aromatic heterocycles. The van der Waals surface area contributed by atoms with Gasteiger partial charge < -0.3 is 24.0 Å². The van der Waals surface area contributed by atoms with Crippen molar-refractivity contribution in [3.05, 3.63) is 84.4 Å². The molecule has 0 bridgehead atoms. The van der Waals surface area contributed by atoms with Crippen molar-refractivity contribution in [2.45, 2.75) is 6.92 Å². The molecule has 0 N–H and O–H groups in total. The molecule has 0 spiro atoms. The van der Waals surface area contributed by atoms with E-state index in [9.17, 15) is 4.79 Å². The first kappa shape index (κ1) is 22.5. The van der Waals surface area contributed by atoms with Gasteiger partial charge in [-0.3, -0.25) is 4.79 Å². The van der Waals surface area contributed by atoms with Crippen LogP contribution in [0.25, 0.3) is 0 Å². The van der Waals surface area contributed by atoms with E-state index in [2.05, 4.69) is 11.0 Å². The van der Waals surface area contributed by atoms with Crippen molar-refractivity contribution in [3.8, 4) is 17.2 Å². The Morgan fingerprint density at radius 3 is 2.12 bits per heavy atom. The Morgan fingerprint density at radius 2 is 1.36 bits per heavy atom. The quantitative estimate of drug-likeness (QED) is 0.453. The Balaban J connectivity index is 1.33. The first-order valence-corrected chi connectivity index (χ1v) is 11.4. The van der Waals surface area contributed by atoms with Crippen LogP contribution in [0.15, 0.2) is 78.9 Å². The smallest absolute Gasteiger partial charge is 0.257 e. The minimum atomic E-state index is -0.00711. The third kappa shape index (κ3) is 5.77. The molecule has 1 aliphatic heterocycles. The lowest BCUT2D eigenvalue weighted by molar-refractivity contribution is 0.0741. The van der Waals surface area contributed by atoms with E-state index < -0.39 is 0 Å². The summed E-state index contributed by atoms with van der Waals surface area (Å²) in [7, 11) is 0. The lowest BCUT2D eigenvalue weighted by Crippen LogP contribution is -2.49. The minimum absolute atomic E-state index is 0.00711. The number of carbonyl (C=O) groups is 1. The Labute approximate surface area is 195 Å². The van der Waals surface area contributed by atoms with Crippen LogP contribution in [0.5, 0.6) is 17.2 Å². The van der Waals surface area contributed by atoms with Gasteiger partial charge in [0.2, 0.25) is 0 Å². The number of rotatable bonds is 9. The molecule has 0 unspecified atom stereocenters. The van der Waals surface area contributed by atoms with Gasteiger partial charge in [0.1, 0.15) is 30.5 Å². The van der Waals surface area contributed by atoms with Crippen molar-refractivity contribution < 1.29 is 19.0 Å². The molecule has 3 aromatic carbocycles. The number of nitrogens with zero attached hydrogens (tertiary/aromatic N) is 2. The molecule has 1 aliphatic rings. The molecule has 1 amide bonds. The number of hydrogen-bond acceptors (Lipinski definition) is 5. The highest BCUT2D eigenvalue weighted by molar-refractivity contribution is 5.97. The fourth-order valence-electron chi connectivity index (χ4n) is 3.91. The van der Waals surface area contributed by atoms with Crippen LogP contribution in [0.1, 0.15) is 17.3 Å². The van der Waals surface area contributed by atoms with Gasteiger partial charge in [-0.25, -0.2) is 0 Å². The maximum Gasteiger partial charge on any atom is 0.257 e. The normalized spacial score (nSPS) is 13.5. The number of piperazine rings is 1. The molecule has 1 saturated heterocycles. The summed E-state index contributed by atoms with van der Waals surface area (Å²) < 4.78 is 17.4. The van der Waals surface area contributed by atoms with Gasteiger partial charge in [-0.1, -0.05) is 42.5 Å². The largest absolute Gasteiger partial charge is 0.492 e. The van der Waals surface area contributed by atoms with Gasteiger partial charge in [0.05, 0.1) is 17.9 Å². The molecular formula is C27H30N2O4. The third-order valence-electron chi connectivity index (χ3n) is 5.54. The minimum Gasteiger partial charge on any atom is -0.492 e. The highest BCUT2D eigenvalue weighted by atomic mass is 16.5. The molecule has 6 nitrogen and oxygen atoms in total. The van der Waals surface area contributed by atoms with Crippen molar-refractivity contribution in [1.29, 1.82) is 0 Å². The first-order valence-electron chi connectivity index (χ1n) is 11.4. The summed E-state index contributed by atoms with van der Waals surface area (Å²) in [5.41, 5.74) is 1.66. The van der Waals surface area contributed by atoms with Crippen LogP contribution in [0.3, 0.4) is 0 Å². The van der Waals surface area contributed by atoms with Crippen LogP contribution >= 0.6 is 0 Å². The zero-order valence-electron chi connectivity index (χ0n) is 19.0. The third-order valence-corrected chi connectivity index (χ3v) is 5.54. The first-order chi connectivity index (χ1) is 16.3. The molecule has 172 valence electrons. The van der Waals surface area contributed by atoms with E-state index in [0.717, 1.165) is 30.3 Å². The van der Waals surface area contributed by atoms with Crippen LogP contribution in [-0.4, -0.2) is 56.8 Å². The number of ether oxygens (including phenoxy) is 3. The maximum atomic E-state index is 13.3. The fourth-order valence-corrected chi connectivity index (χ4v) is 3.91. The number of amides is 1. The van der Waals surface area contributed by atoms with E-state index in [1.807, 2.05) is 84.6 Å². The van der Waals surface area contributed by atoms with Gasteiger partial charge in [0.25, 0.3) is 5.91 Å². The van der Waals surface area contributed by atoms with Gasteiger partial charge in [-0.05, 0) is 43.3 Å². The summed E-state index contributed by atoms with van der Waals surface area (Å²) >= 11 is 0. The van der Waals surface area contributed by atoms with E-state index in [0.29, 0.717) is 44.2 Å². The number of benzene rings is 3. The Hall–Kier alpha value is -3.67. The molecule has 0 aliphatic carbocycles. The molecule has 3 aromatic rings. The van der Waals surface area contributed by atoms with Crippen molar-refractivity contribution in [3.63, 3.8) is 0 Å². The summed E-state index contributed by atoms with van der Waals surface area (Å²) in [5.74, 6) is 2.26. The standard InChI is InChI=1S/C27H30N2O4/c1-2-31-26-15-9-7-13-24(26)28-16-18-29(19-17-28)27(30)23-12-6-8-14-25(23)33-21-20-32-22-10-4-3-5-11-22/h3-15H,2,16-21H2,1H3. The molecule has 4 rings (SSSR count). The van der Waals surface area contributed by atoms with Gasteiger partial charge in [-0.2, -0.15) is 0 Å². The van der Waals surface area contributed by atoms with Crippen LogP contribution in [-0.2, 0) is 0 Å². The van der Waals surface area contributed by atoms with Crippen LogP contribution in [0.4, 0.5) is 5.69 Å². The van der Waals surface area contributed by atoms with E-state index in [4.69, 9.17) is 14.2 Å². The molecule has 1 fully saturated rings. The lowest BCUT2D eigenvalue weighted by Gasteiger charge is -2.36. The lowest BCUT2D eigenvalue weighted by atomic mass is 10.1. The second-order valence-corrected chi connectivity index (χ2v) is 7.69. The number of para-hydroxylation sites is 4. The maximum absolute atomic E-state index is 13.3. The van der Waals surface area contributed by atoms with Gasteiger partial charge in [-0.15, -0.1) is 0 Å². The molecule has 6 heteroatoms. The highest BCUT2D eigenvalue weighted by Gasteiger charge is 2.25. The second kappa shape index (κ2) is 11.3. The Morgan fingerprint density at radius 1 is 0.727 bits per heavy atom. The molecule has 0 atom stereocenters. The summed E-state index contributed by atoms with van der Waals surface area (Å²) in [4.78, 5) is 17.4. The fraction of sp³-hybridized carbons (Fsp3) is 0.296. The molecule has 0 saturated carbocycles. The van der Waals surface area contributed by atoms with Crippen molar-refractivity contribution >= 4 is 11.6 Å². The van der Waals surface area contributed by atoms with Crippen molar-refractivity contribution in [1.82, 2.24) is 4.90 Å². The number of carbonyl (C=O) groups excluding carboxylic acids is 1. The summed E-state index contributed by atoms with van der Waals surface area (Å²) in [6.45, 7) is 6.18. The topological polar surface area (TPSA) is 51.2 Å². The Bertz CT molecular complexity index is 1030. The van der Waals surface area contributed by atoms with Crippen molar-refractivity contribution in [2.75, 3.05) is 50.9 Å². The summed E-state index contributed by atoms with van der Waals surface area (Å²) in [5, 5.41) is 0. The summed E-state index contributed by atoms with van der Waals surface area (Å²) in [6, 6.07) is 25.1. The van der Waals surface area contributed by atoms with Crippen molar-refractivity contribution in [2.24, 2.45) is 0 Å². The highest BCUT2D eigenvalue weighted by Crippen LogP contribution is 2.29. The van der Waals surface area contributed by atoms with E-state index in [1.54, 1.807) is 0 Å². The Kier molecular flexibility index (Phi) is 7.69. The molecular weight excluding hydrogens is 416 g/mol. The SMILES string of the molecule is CCOc1ccccc1N1CCN(C(=O)c2ccccc2OCCOc2ccccc2)CC1. The van der Waals surface area contributed by atoms with Gasteiger partial charge in [0.15, 0.2) is 0 Å². The van der Waals surface area contributed by atoms with Gasteiger partial charge >= 0.3 is 0 Å². The van der Waals surface area contributed by atoms with Gasteiger partial charge in [0, 0.05) is 26.2 Å². The van der Waals surface area contributed by atoms with E-state index >= 15 is 0 Å². The number of anilines is 1.